The van der Waals surface area contributed by atoms with Crippen molar-refractivity contribution in [3.05, 3.63) is 17.5 Å². The van der Waals surface area contributed by atoms with Crippen molar-refractivity contribution in [3.63, 3.8) is 0 Å². The molecule has 1 rings (SSSR count). The highest BCUT2D eigenvalue weighted by Crippen LogP contribution is 2.14. The third-order valence-electron chi connectivity index (χ3n) is 3.41. The minimum absolute atomic E-state index is 0.384. The van der Waals surface area contributed by atoms with E-state index >= 15 is 0 Å². The molecule has 0 aliphatic rings. The van der Waals surface area contributed by atoms with Gasteiger partial charge in [0.25, 0.3) is 0 Å². The summed E-state index contributed by atoms with van der Waals surface area (Å²) in [6, 6.07) is 4.49. The number of nitriles is 1. The van der Waals surface area contributed by atoms with Gasteiger partial charge in [-0.05, 0) is 59.1 Å². The molecule has 1 aromatic heterocycles. The molecule has 4 nitrogen and oxygen atoms in total. The number of unbranched alkanes of at least 4 members (excludes halogenated alkanes) is 1. The van der Waals surface area contributed by atoms with E-state index in [1.165, 1.54) is 5.69 Å². The Morgan fingerprint density at radius 2 is 2.16 bits per heavy atom. The molecule has 0 aromatic carbocycles. The molecule has 1 unspecified atom stereocenters. The molecule has 1 atom stereocenters. The lowest BCUT2D eigenvalue weighted by Crippen LogP contribution is -2.41. The molecule has 0 fully saturated rings. The van der Waals surface area contributed by atoms with Crippen molar-refractivity contribution < 1.29 is 0 Å². The van der Waals surface area contributed by atoms with Gasteiger partial charge in [0.15, 0.2) is 0 Å². The SMILES string of the molecule is CCCNC(C)(C#N)CCCCn1nc(C)cc1C. The lowest BCUT2D eigenvalue weighted by atomic mass is 9.96. The third-order valence-corrected chi connectivity index (χ3v) is 3.41. The number of hydrogen-bond donors (Lipinski definition) is 1. The van der Waals surface area contributed by atoms with Gasteiger partial charge < -0.3 is 0 Å². The van der Waals surface area contributed by atoms with Crippen LogP contribution in [-0.2, 0) is 6.54 Å². The van der Waals surface area contributed by atoms with Gasteiger partial charge in [-0.15, -0.1) is 0 Å². The van der Waals surface area contributed by atoms with Gasteiger partial charge in [-0.2, -0.15) is 10.4 Å². The maximum absolute atomic E-state index is 9.25. The fourth-order valence-electron chi connectivity index (χ4n) is 2.23. The van der Waals surface area contributed by atoms with Crippen LogP contribution in [-0.4, -0.2) is 21.9 Å². The van der Waals surface area contributed by atoms with Crippen molar-refractivity contribution in [1.29, 1.82) is 5.26 Å². The second-order valence-corrected chi connectivity index (χ2v) is 5.48. The van der Waals surface area contributed by atoms with E-state index in [1.807, 2.05) is 13.8 Å². The lowest BCUT2D eigenvalue weighted by molar-refractivity contribution is 0.392. The van der Waals surface area contributed by atoms with Crippen molar-refractivity contribution in [3.8, 4) is 6.07 Å². The minimum Gasteiger partial charge on any atom is -0.300 e. The van der Waals surface area contributed by atoms with E-state index in [9.17, 15) is 5.26 Å². The highest BCUT2D eigenvalue weighted by atomic mass is 15.3. The van der Waals surface area contributed by atoms with Gasteiger partial charge >= 0.3 is 0 Å². The number of aromatic nitrogens is 2. The highest BCUT2D eigenvalue weighted by molar-refractivity contribution is 5.06. The summed E-state index contributed by atoms with van der Waals surface area (Å²) >= 11 is 0. The molecule has 0 aliphatic heterocycles. The summed E-state index contributed by atoms with van der Waals surface area (Å²) in [5.41, 5.74) is 1.90. The molecule has 0 amide bonds. The number of nitrogens with one attached hydrogen (secondary N) is 1. The zero-order valence-electron chi connectivity index (χ0n) is 12.7. The second kappa shape index (κ2) is 7.30. The van der Waals surface area contributed by atoms with Gasteiger partial charge in [-0.3, -0.25) is 10.00 Å². The Hall–Kier alpha value is -1.34. The summed E-state index contributed by atoms with van der Waals surface area (Å²) in [7, 11) is 0. The Bertz CT molecular complexity index is 430. The summed E-state index contributed by atoms with van der Waals surface area (Å²) in [5, 5.41) is 17.0. The number of hydrogen-bond acceptors (Lipinski definition) is 3. The first-order chi connectivity index (χ1) is 9.00. The molecular formula is C15H26N4. The summed E-state index contributed by atoms with van der Waals surface area (Å²) in [5.74, 6) is 0. The van der Waals surface area contributed by atoms with E-state index in [0.717, 1.165) is 44.5 Å². The molecule has 1 N–H and O–H groups in total. The van der Waals surface area contributed by atoms with E-state index in [4.69, 9.17) is 0 Å². The maximum atomic E-state index is 9.25. The average molecular weight is 262 g/mol. The lowest BCUT2D eigenvalue weighted by Gasteiger charge is -2.23. The summed E-state index contributed by atoms with van der Waals surface area (Å²) in [6.07, 6.45) is 4.05. The van der Waals surface area contributed by atoms with Crippen LogP contribution in [0.2, 0.25) is 0 Å². The zero-order valence-corrected chi connectivity index (χ0v) is 12.7. The van der Waals surface area contributed by atoms with Crippen LogP contribution in [0.1, 0.15) is 50.9 Å². The Morgan fingerprint density at radius 3 is 2.68 bits per heavy atom. The molecule has 19 heavy (non-hydrogen) atoms. The Kier molecular flexibility index (Phi) is 6.04. The predicted molar refractivity (Wildman–Crippen MR) is 77.9 cm³/mol. The van der Waals surface area contributed by atoms with Crippen LogP contribution < -0.4 is 5.32 Å². The van der Waals surface area contributed by atoms with Crippen LogP contribution in [0.25, 0.3) is 0 Å². The number of rotatable bonds is 8. The van der Waals surface area contributed by atoms with Crippen LogP contribution in [0.3, 0.4) is 0 Å². The summed E-state index contributed by atoms with van der Waals surface area (Å²) < 4.78 is 2.05. The molecule has 4 heteroatoms. The molecule has 0 aliphatic carbocycles. The molecule has 0 bridgehead atoms. The monoisotopic (exact) mass is 262 g/mol. The van der Waals surface area contributed by atoms with Gasteiger partial charge in [0, 0.05) is 12.2 Å². The predicted octanol–water partition coefficient (Wildman–Crippen LogP) is 2.95. The Labute approximate surface area is 116 Å². The Morgan fingerprint density at radius 1 is 1.42 bits per heavy atom. The largest absolute Gasteiger partial charge is 0.300 e. The average Bonchev–Trinajstić information content (AvgIpc) is 2.71. The van der Waals surface area contributed by atoms with Crippen molar-refractivity contribution in [2.75, 3.05) is 6.54 Å². The Balaban J connectivity index is 2.33. The smallest absolute Gasteiger partial charge is 0.103 e. The van der Waals surface area contributed by atoms with Crippen LogP contribution >= 0.6 is 0 Å². The van der Waals surface area contributed by atoms with Gasteiger partial charge in [-0.25, -0.2) is 0 Å². The van der Waals surface area contributed by atoms with Crippen molar-refractivity contribution >= 4 is 0 Å². The molecular weight excluding hydrogens is 236 g/mol. The first-order valence-corrected chi connectivity index (χ1v) is 7.18. The third kappa shape index (κ3) is 5.04. The molecule has 0 saturated carbocycles. The fraction of sp³-hybridized carbons (Fsp3) is 0.733. The quantitative estimate of drug-likeness (QED) is 0.733. The van der Waals surface area contributed by atoms with Gasteiger partial charge in [0.2, 0.25) is 0 Å². The standard InChI is InChI=1S/C15H26N4/c1-5-9-17-15(4,12-16)8-6-7-10-19-14(3)11-13(2)18-19/h11,17H,5-10H2,1-4H3. The van der Waals surface area contributed by atoms with Crippen LogP contribution in [0.5, 0.6) is 0 Å². The van der Waals surface area contributed by atoms with Crippen LogP contribution in [0.4, 0.5) is 0 Å². The van der Waals surface area contributed by atoms with Crippen molar-refractivity contribution in [1.82, 2.24) is 15.1 Å². The second-order valence-electron chi connectivity index (χ2n) is 5.48. The molecule has 0 radical (unpaired) electrons. The van der Waals surface area contributed by atoms with E-state index in [1.54, 1.807) is 0 Å². The number of aryl methyl sites for hydroxylation is 3. The van der Waals surface area contributed by atoms with Gasteiger partial charge in [-0.1, -0.05) is 6.92 Å². The maximum Gasteiger partial charge on any atom is 0.103 e. The topological polar surface area (TPSA) is 53.6 Å². The van der Waals surface area contributed by atoms with Gasteiger partial charge in [0.05, 0.1) is 11.8 Å². The first kappa shape index (κ1) is 15.7. The minimum atomic E-state index is -0.384. The number of nitrogens with zero attached hydrogens (tertiary/aromatic N) is 3. The van der Waals surface area contributed by atoms with E-state index in [2.05, 4.69) is 41.1 Å². The molecule has 0 spiro atoms. The molecule has 1 aromatic rings. The van der Waals surface area contributed by atoms with Crippen LogP contribution in [0.15, 0.2) is 6.07 Å². The molecule has 1 heterocycles. The molecule has 106 valence electrons. The first-order valence-electron chi connectivity index (χ1n) is 7.18. The van der Waals surface area contributed by atoms with E-state index < -0.39 is 0 Å². The van der Waals surface area contributed by atoms with Crippen LogP contribution in [0, 0.1) is 25.2 Å². The normalized spacial score (nSPS) is 14.1. The van der Waals surface area contributed by atoms with E-state index in [0.29, 0.717) is 0 Å². The van der Waals surface area contributed by atoms with Gasteiger partial charge in [0.1, 0.15) is 5.54 Å². The fourth-order valence-corrected chi connectivity index (χ4v) is 2.23. The summed E-state index contributed by atoms with van der Waals surface area (Å²) in [4.78, 5) is 0. The van der Waals surface area contributed by atoms with Crippen molar-refractivity contribution in [2.45, 2.75) is 65.5 Å². The highest BCUT2D eigenvalue weighted by Gasteiger charge is 2.21. The summed E-state index contributed by atoms with van der Waals surface area (Å²) in [6.45, 7) is 10.1. The van der Waals surface area contributed by atoms with E-state index in [-0.39, 0.29) is 5.54 Å². The van der Waals surface area contributed by atoms with Crippen molar-refractivity contribution in [2.24, 2.45) is 0 Å². The zero-order chi connectivity index (χ0) is 14.3. The molecule has 0 saturated heterocycles.